The van der Waals surface area contributed by atoms with E-state index in [1.807, 2.05) is 13.0 Å². The van der Waals surface area contributed by atoms with Crippen molar-refractivity contribution in [3.8, 4) is 11.5 Å². The minimum absolute atomic E-state index is 0.0242. The Morgan fingerprint density at radius 2 is 1.59 bits per heavy atom. The van der Waals surface area contributed by atoms with Gasteiger partial charge in [-0.05, 0) is 44.4 Å². The molecular formula is C22H24F6O4. The smallest absolute Gasteiger partial charge is 0.451 e. The van der Waals surface area contributed by atoms with E-state index < -0.39 is 41.6 Å². The molecule has 0 aromatic heterocycles. The van der Waals surface area contributed by atoms with Crippen LogP contribution in [0.4, 0.5) is 26.3 Å². The first-order valence-electron chi connectivity index (χ1n) is 10.3. The van der Waals surface area contributed by atoms with Gasteiger partial charge in [0.15, 0.2) is 23.6 Å². The van der Waals surface area contributed by atoms with Gasteiger partial charge in [0.25, 0.3) is 6.29 Å². The van der Waals surface area contributed by atoms with Gasteiger partial charge in [0.1, 0.15) is 5.75 Å². The standard InChI is InChI=1S/C22H24F6O4/c1-2-3-13-4-6-14(7-5-13)15-10-30-21(31-11-15)22(27,28)32-16-8-17(23)20(18(24)9-16)29-12-19(25)26/h2-3,8-9,12-15,21H,4-7,10-11H2,1H3/b3-2+. The molecule has 1 aliphatic carbocycles. The zero-order valence-corrected chi connectivity index (χ0v) is 17.3. The summed E-state index contributed by atoms with van der Waals surface area (Å²) < 4.78 is 99.7. The number of rotatable bonds is 7. The lowest BCUT2D eigenvalue weighted by molar-refractivity contribution is -0.354. The molecule has 3 rings (SSSR count). The van der Waals surface area contributed by atoms with E-state index in [1.54, 1.807) is 0 Å². The summed E-state index contributed by atoms with van der Waals surface area (Å²) >= 11 is 0. The number of benzene rings is 1. The SMILES string of the molecule is C/C=C/C1CCC(C2COC(C(F)(F)Oc3cc(F)c(OC=C(F)F)c(F)c3)OC2)CC1. The Bertz CT molecular complexity index is 801. The molecule has 0 N–H and O–H groups in total. The fraction of sp³-hybridized carbons (Fsp3) is 0.545. The zero-order valence-electron chi connectivity index (χ0n) is 17.3. The lowest BCUT2D eigenvalue weighted by Gasteiger charge is -2.38. The van der Waals surface area contributed by atoms with Crippen molar-refractivity contribution in [2.75, 3.05) is 13.2 Å². The van der Waals surface area contributed by atoms with Crippen LogP contribution < -0.4 is 9.47 Å². The van der Waals surface area contributed by atoms with Gasteiger partial charge in [-0.3, -0.25) is 0 Å². The van der Waals surface area contributed by atoms with Gasteiger partial charge >= 0.3 is 12.2 Å². The van der Waals surface area contributed by atoms with Gasteiger partial charge in [-0.2, -0.15) is 17.6 Å². The molecule has 0 radical (unpaired) electrons. The summed E-state index contributed by atoms with van der Waals surface area (Å²) in [6, 6.07) is 0.788. The van der Waals surface area contributed by atoms with E-state index in [4.69, 9.17) is 9.47 Å². The molecule has 1 aromatic rings. The molecular weight excluding hydrogens is 442 g/mol. The largest absolute Gasteiger partial charge is 0.453 e. The fourth-order valence-electron chi connectivity index (χ4n) is 4.08. The minimum Gasteiger partial charge on any atom is -0.453 e. The van der Waals surface area contributed by atoms with Crippen LogP contribution in [0.3, 0.4) is 0 Å². The van der Waals surface area contributed by atoms with Crippen molar-refractivity contribution in [1.29, 1.82) is 0 Å². The molecule has 2 fully saturated rings. The molecule has 178 valence electrons. The van der Waals surface area contributed by atoms with Gasteiger partial charge in [-0.1, -0.05) is 12.2 Å². The highest BCUT2D eigenvalue weighted by Crippen LogP contribution is 2.38. The van der Waals surface area contributed by atoms with E-state index in [0.29, 0.717) is 24.0 Å². The van der Waals surface area contributed by atoms with Gasteiger partial charge in [0.05, 0.1) is 13.2 Å². The molecule has 0 amide bonds. The summed E-state index contributed by atoms with van der Waals surface area (Å²) in [5.74, 6) is -4.21. The first-order chi connectivity index (χ1) is 15.2. The fourth-order valence-corrected chi connectivity index (χ4v) is 4.08. The minimum atomic E-state index is -4.04. The Balaban J connectivity index is 1.56. The molecule has 1 saturated heterocycles. The Hall–Kier alpha value is -2.20. The third kappa shape index (κ3) is 6.19. The van der Waals surface area contributed by atoms with Crippen molar-refractivity contribution in [3.05, 3.63) is 48.3 Å². The number of alkyl halides is 2. The third-order valence-electron chi connectivity index (χ3n) is 5.64. The van der Waals surface area contributed by atoms with Gasteiger partial charge in [-0.25, -0.2) is 8.78 Å². The van der Waals surface area contributed by atoms with E-state index in [9.17, 15) is 26.3 Å². The van der Waals surface area contributed by atoms with Crippen LogP contribution in [0.2, 0.25) is 0 Å². The zero-order chi connectivity index (χ0) is 23.3. The van der Waals surface area contributed by atoms with Crippen molar-refractivity contribution in [2.24, 2.45) is 17.8 Å². The van der Waals surface area contributed by atoms with Crippen LogP contribution >= 0.6 is 0 Å². The van der Waals surface area contributed by atoms with Crippen molar-refractivity contribution in [1.82, 2.24) is 0 Å². The van der Waals surface area contributed by atoms with Crippen LogP contribution in [0, 0.1) is 29.4 Å². The van der Waals surface area contributed by atoms with Crippen LogP contribution in [0.25, 0.3) is 0 Å². The molecule has 0 spiro atoms. The third-order valence-corrected chi connectivity index (χ3v) is 5.64. The molecule has 1 aliphatic heterocycles. The first kappa shape index (κ1) is 24.4. The summed E-state index contributed by atoms with van der Waals surface area (Å²) in [7, 11) is 0. The Kier molecular flexibility index (Phi) is 8.10. The maximum atomic E-state index is 14.5. The molecule has 10 heteroatoms. The van der Waals surface area contributed by atoms with Gasteiger partial charge in [0, 0.05) is 18.1 Å². The van der Waals surface area contributed by atoms with Crippen LogP contribution in [-0.2, 0) is 9.47 Å². The van der Waals surface area contributed by atoms with E-state index in [0.717, 1.165) is 25.7 Å². The second kappa shape index (κ2) is 10.6. The van der Waals surface area contributed by atoms with Crippen LogP contribution in [-0.4, -0.2) is 25.6 Å². The monoisotopic (exact) mass is 466 g/mol. The average molecular weight is 466 g/mol. The second-order valence-electron chi connectivity index (χ2n) is 7.86. The molecule has 32 heavy (non-hydrogen) atoms. The molecule has 0 unspecified atom stereocenters. The molecule has 2 aliphatic rings. The summed E-state index contributed by atoms with van der Waals surface area (Å²) in [5.41, 5.74) is 0. The van der Waals surface area contributed by atoms with Crippen molar-refractivity contribution >= 4 is 0 Å². The number of hydrogen-bond acceptors (Lipinski definition) is 4. The van der Waals surface area contributed by atoms with E-state index in [2.05, 4.69) is 15.5 Å². The van der Waals surface area contributed by atoms with Crippen molar-refractivity contribution in [2.45, 2.75) is 45.0 Å². The highest BCUT2D eigenvalue weighted by Gasteiger charge is 2.48. The first-order valence-corrected chi connectivity index (χ1v) is 10.3. The lowest BCUT2D eigenvalue weighted by Crippen LogP contribution is -2.49. The highest BCUT2D eigenvalue weighted by molar-refractivity contribution is 5.35. The average Bonchev–Trinajstić information content (AvgIpc) is 2.73. The van der Waals surface area contributed by atoms with Gasteiger partial charge < -0.3 is 18.9 Å². The molecule has 1 saturated carbocycles. The molecule has 1 aromatic carbocycles. The molecule has 4 nitrogen and oxygen atoms in total. The summed E-state index contributed by atoms with van der Waals surface area (Å²) in [5, 5.41) is 0. The topological polar surface area (TPSA) is 36.9 Å². The normalized spacial score (nSPS) is 26.7. The van der Waals surface area contributed by atoms with Crippen LogP contribution in [0.5, 0.6) is 11.5 Å². The summed E-state index contributed by atoms with van der Waals surface area (Å²) in [4.78, 5) is 0. The number of allylic oxidation sites excluding steroid dienone is 2. The number of hydrogen-bond donors (Lipinski definition) is 0. The number of halogens is 6. The lowest BCUT2D eigenvalue weighted by atomic mass is 9.76. The van der Waals surface area contributed by atoms with Crippen LogP contribution in [0.15, 0.2) is 36.6 Å². The molecule has 0 bridgehead atoms. The van der Waals surface area contributed by atoms with E-state index in [-0.39, 0.29) is 25.4 Å². The molecule has 0 atom stereocenters. The van der Waals surface area contributed by atoms with Gasteiger partial charge in [0.2, 0.25) is 0 Å². The maximum absolute atomic E-state index is 14.5. The maximum Gasteiger partial charge on any atom is 0.451 e. The van der Waals surface area contributed by atoms with E-state index >= 15 is 0 Å². The second-order valence-corrected chi connectivity index (χ2v) is 7.86. The predicted octanol–water partition coefficient (Wildman–Crippen LogP) is 6.42. The van der Waals surface area contributed by atoms with Crippen LogP contribution in [0.1, 0.15) is 32.6 Å². The predicted molar refractivity (Wildman–Crippen MR) is 102 cm³/mol. The van der Waals surface area contributed by atoms with Crippen molar-refractivity contribution in [3.63, 3.8) is 0 Å². The Morgan fingerprint density at radius 3 is 2.12 bits per heavy atom. The quantitative estimate of drug-likeness (QED) is 0.264. The summed E-state index contributed by atoms with van der Waals surface area (Å²) in [6.07, 6.45) is -0.420. The summed E-state index contributed by atoms with van der Waals surface area (Å²) in [6.45, 7) is 2.09. The Labute approximate surface area is 181 Å². The number of ether oxygens (including phenoxy) is 4. The molecule has 1 heterocycles. The Morgan fingerprint density at radius 1 is 1.00 bits per heavy atom. The highest BCUT2D eigenvalue weighted by atomic mass is 19.3. The van der Waals surface area contributed by atoms with Crippen molar-refractivity contribution < 1.29 is 45.3 Å². The van der Waals surface area contributed by atoms with E-state index in [1.165, 1.54) is 0 Å². The van der Waals surface area contributed by atoms with Gasteiger partial charge in [-0.15, -0.1) is 0 Å².